The Bertz CT molecular complexity index is 731. The summed E-state index contributed by atoms with van der Waals surface area (Å²) in [5.74, 6) is -1.67. The van der Waals surface area contributed by atoms with Crippen molar-refractivity contribution < 1.29 is 27.5 Å². The number of hydrogen-bond donors (Lipinski definition) is 2. The van der Waals surface area contributed by atoms with E-state index < -0.39 is 34.5 Å². The average Bonchev–Trinajstić information content (AvgIpc) is 2.63. The molecule has 0 aliphatic rings. The van der Waals surface area contributed by atoms with Gasteiger partial charge in [0, 0.05) is 19.1 Å². The SMILES string of the molecule is COCCNC(=O)COC(=O)C(NS(=O)(=O)/C=C/c1ccccc1)C(C)C. The highest BCUT2D eigenvalue weighted by molar-refractivity contribution is 7.92. The maximum atomic E-state index is 12.2. The normalized spacial score (nSPS) is 12.9. The summed E-state index contributed by atoms with van der Waals surface area (Å²) >= 11 is 0. The van der Waals surface area contributed by atoms with Gasteiger partial charge in [0.15, 0.2) is 6.61 Å². The number of carbonyl (C=O) groups is 2. The van der Waals surface area contributed by atoms with E-state index in [9.17, 15) is 18.0 Å². The van der Waals surface area contributed by atoms with Crippen molar-refractivity contribution in [2.75, 3.05) is 26.9 Å². The molecule has 0 aliphatic heterocycles. The summed E-state index contributed by atoms with van der Waals surface area (Å²) in [5, 5.41) is 3.49. The summed E-state index contributed by atoms with van der Waals surface area (Å²) < 4.78 is 36.5. The third kappa shape index (κ3) is 9.32. The van der Waals surface area contributed by atoms with Crippen molar-refractivity contribution in [1.82, 2.24) is 10.0 Å². The molecule has 0 saturated carbocycles. The molecule has 9 heteroatoms. The van der Waals surface area contributed by atoms with Crippen LogP contribution in [-0.4, -0.2) is 53.2 Å². The number of methoxy groups -OCH3 is 1. The van der Waals surface area contributed by atoms with Crippen LogP contribution in [-0.2, 0) is 29.1 Å². The van der Waals surface area contributed by atoms with Crippen molar-refractivity contribution in [2.45, 2.75) is 19.9 Å². The lowest BCUT2D eigenvalue weighted by Gasteiger charge is -2.19. The van der Waals surface area contributed by atoms with Gasteiger partial charge in [-0.3, -0.25) is 9.59 Å². The van der Waals surface area contributed by atoms with Gasteiger partial charge in [0.25, 0.3) is 5.91 Å². The third-order valence-corrected chi connectivity index (χ3v) is 4.50. The van der Waals surface area contributed by atoms with Crippen LogP contribution in [0.3, 0.4) is 0 Å². The molecule has 2 N–H and O–H groups in total. The summed E-state index contributed by atoms with van der Waals surface area (Å²) in [6.45, 7) is 3.48. The van der Waals surface area contributed by atoms with Crippen molar-refractivity contribution in [3.05, 3.63) is 41.3 Å². The topological polar surface area (TPSA) is 111 Å². The zero-order valence-electron chi connectivity index (χ0n) is 15.7. The first-order valence-corrected chi connectivity index (χ1v) is 9.97. The third-order valence-electron chi connectivity index (χ3n) is 3.42. The van der Waals surface area contributed by atoms with E-state index in [-0.39, 0.29) is 12.5 Å². The Hall–Kier alpha value is -2.23. The smallest absolute Gasteiger partial charge is 0.324 e. The number of benzene rings is 1. The van der Waals surface area contributed by atoms with Gasteiger partial charge < -0.3 is 14.8 Å². The van der Waals surface area contributed by atoms with E-state index in [2.05, 4.69) is 10.0 Å². The minimum atomic E-state index is -3.87. The number of nitrogens with one attached hydrogen (secondary N) is 2. The molecule has 150 valence electrons. The summed E-state index contributed by atoms with van der Waals surface area (Å²) in [6.07, 6.45) is 1.42. The highest BCUT2D eigenvalue weighted by Gasteiger charge is 2.28. The summed E-state index contributed by atoms with van der Waals surface area (Å²) in [6, 6.07) is 7.78. The van der Waals surface area contributed by atoms with E-state index in [0.29, 0.717) is 12.2 Å². The van der Waals surface area contributed by atoms with Crippen LogP contribution >= 0.6 is 0 Å². The van der Waals surface area contributed by atoms with Crippen LogP contribution < -0.4 is 10.0 Å². The molecule has 0 aliphatic carbocycles. The molecular weight excluding hydrogens is 372 g/mol. The first-order valence-electron chi connectivity index (χ1n) is 8.43. The molecule has 0 radical (unpaired) electrons. The quantitative estimate of drug-likeness (QED) is 0.423. The molecule has 1 amide bonds. The van der Waals surface area contributed by atoms with Gasteiger partial charge >= 0.3 is 5.97 Å². The number of carbonyl (C=O) groups excluding carboxylic acids is 2. The molecule has 1 rings (SSSR count). The number of hydrogen-bond acceptors (Lipinski definition) is 6. The maximum absolute atomic E-state index is 12.2. The average molecular weight is 398 g/mol. The Labute approximate surface area is 160 Å². The predicted octanol–water partition coefficient (Wildman–Crippen LogP) is 0.907. The van der Waals surface area contributed by atoms with Crippen molar-refractivity contribution in [3.63, 3.8) is 0 Å². The van der Waals surface area contributed by atoms with Gasteiger partial charge in [-0.15, -0.1) is 0 Å². The summed E-state index contributed by atoms with van der Waals surface area (Å²) in [7, 11) is -2.38. The molecule has 0 bridgehead atoms. The summed E-state index contributed by atoms with van der Waals surface area (Å²) in [4.78, 5) is 23.8. The largest absolute Gasteiger partial charge is 0.454 e. The Balaban J connectivity index is 2.65. The zero-order chi connectivity index (χ0) is 20.3. The Morgan fingerprint density at radius 2 is 1.85 bits per heavy atom. The second-order valence-electron chi connectivity index (χ2n) is 6.05. The molecular formula is C18H26N2O6S. The van der Waals surface area contributed by atoms with Crippen molar-refractivity contribution in [2.24, 2.45) is 5.92 Å². The minimum Gasteiger partial charge on any atom is -0.454 e. The fraction of sp³-hybridized carbons (Fsp3) is 0.444. The van der Waals surface area contributed by atoms with E-state index in [1.54, 1.807) is 38.1 Å². The van der Waals surface area contributed by atoms with Gasteiger partial charge in [0.1, 0.15) is 6.04 Å². The van der Waals surface area contributed by atoms with E-state index in [1.165, 1.54) is 13.2 Å². The Morgan fingerprint density at radius 1 is 1.19 bits per heavy atom. The lowest BCUT2D eigenvalue weighted by molar-refractivity contribution is -0.151. The number of sulfonamides is 1. The van der Waals surface area contributed by atoms with Crippen molar-refractivity contribution in [3.8, 4) is 0 Å². The second-order valence-corrected chi connectivity index (χ2v) is 7.65. The van der Waals surface area contributed by atoms with Gasteiger partial charge in [-0.25, -0.2) is 8.42 Å². The van der Waals surface area contributed by atoms with Gasteiger partial charge in [0.05, 0.1) is 6.61 Å². The van der Waals surface area contributed by atoms with Crippen molar-refractivity contribution in [1.29, 1.82) is 0 Å². The van der Waals surface area contributed by atoms with Crippen LogP contribution in [0.15, 0.2) is 35.7 Å². The minimum absolute atomic E-state index is 0.289. The Kier molecular flexibility index (Phi) is 9.70. The predicted molar refractivity (Wildman–Crippen MR) is 102 cm³/mol. The number of ether oxygens (including phenoxy) is 2. The monoisotopic (exact) mass is 398 g/mol. The van der Waals surface area contributed by atoms with Crippen LogP contribution in [0.25, 0.3) is 6.08 Å². The molecule has 8 nitrogen and oxygen atoms in total. The molecule has 1 unspecified atom stereocenters. The molecule has 0 aromatic heterocycles. The van der Waals surface area contributed by atoms with E-state index >= 15 is 0 Å². The first kappa shape index (κ1) is 22.8. The van der Waals surface area contributed by atoms with Crippen LogP contribution in [0.5, 0.6) is 0 Å². The maximum Gasteiger partial charge on any atom is 0.324 e. The molecule has 1 aromatic rings. The van der Waals surface area contributed by atoms with E-state index in [4.69, 9.17) is 9.47 Å². The number of amides is 1. The van der Waals surface area contributed by atoms with E-state index in [0.717, 1.165) is 5.41 Å². The lowest BCUT2D eigenvalue weighted by atomic mass is 10.1. The Morgan fingerprint density at radius 3 is 2.44 bits per heavy atom. The molecule has 0 heterocycles. The highest BCUT2D eigenvalue weighted by atomic mass is 32.2. The number of esters is 1. The zero-order valence-corrected chi connectivity index (χ0v) is 16.5. The van der Waals surface area contributed by atoms with Gasteiger partial charge in [-0.1, -0.05) is 44.2 Å². The van der Waals surface area contributed by atoms with E-state index in [1.807, 2.05) is 6.07 Å². The first-order chi connectivity index (χ1) is 12.7. The van der Waals surface area contributed by atoms with Crippen molar-refractivity contribution >= 4 is 28.0 Å². The molecule has 1 atom stereocenters. The molecule has 1 aromatic carbocycles. The van der Waals surface area contributed by atoms with Crippen LogP contribution in [0, 0.1) is 5.92 Å². The fourth-order valence-electron chi connectivity index (χ4n) is 1.97. The van der Waals surface area contributed by atoms with Crippen LogP contribution in [0.1, 0.15) is 19.4 Å². The fourth-order valence-corrected chi connectivity index (χ4v) is 3.11. The molecule has 0 saturated heterocycles. The van der Waals surface area contributed by atoms with Crippen LogP contribution in [0.4, 0.5) is 0 Å². The second kappa shape index (κ2) is 11.5. The summed E-state index contributed by atoms with van der Waals surface area (Å²) in [5.41, 5.74) is 0.708. The molecule has 0 fully saturated rings. The van der Waals surface area contributed by atoms with Gasteiger partial charge in [-0.05, 0) is 17.6 Å². The molecule has 0 spiro atoms. The van der Waals surface area contributed by atoms with Gasteiger partial charge in [0.2, 0.25) is 10.0 Å². The molecule has 27 heavy (non-hydrogen) atoms. The number of rotatable bonds is 11. The standard InChI is InChI=1S/C18H26N2O6S/c1-14(2)17(18(22)26-13-16(21)19-10-11-25-3)20-27(23,24)12-9-15-7-5-4-6-8-15/h4-9,12,14,17,20H,10-11,13H2,1-3H3,(H,19,21)/b12-9+. The lowest BCUT2D eigenvalue weighted by Crippen LogP contribution is -2.45. The highest BCUT2D eigenvalue weighted by Crippen LogP contribution is 2.08. The van der Waals surface area contributed by atoms with Crippen LogP contribution in [0.2, 0.25) is 0 Å². The van der Waals surface area contributed by atoms with Gasteiger partial charge in [-0.2, -0.15) is 4.72 Å².